The lowest BCUT2D eigenvalue weighted by Gasteiger charge is -2.35. The molecule has 1 saturated carbocycles. The van der Waals surface area contributed by atoms with Gasteiger partial charge in [0.25, 0.3) is 0 Å². The molecule has 7 nitrogen and oxygen atoms in total. The fourth-order valence-corrected chi connectivity index (χ4v) is 3.28. The van der Waals surface area contributed by atoms with Crippen molar-refractivity contribution >= 4 is 11.9 Å². The van der Waals surface area contributed by atoms with Crippen molar-refractivity contribution in [2.45, 2.75) is 70.7 Å². The van der Waals surface area contributed by atoms with Gasteiger partial charge in [0, 0.05) is 45.0 Å². The quantitative estimate of drug-likeness (QED) is 0.869. The summed E-state index contributed by atoms with van der Waals surface area (Å²) in [6, 6.07) is 0.863. The Kier molecular flexibility index (Phi) is 5.65. The fraction of sp³-hybridized carbons (Fsp3) is 0.737. The molecule has 1 aromatic heterocycles. The van der Waals surface area contributed by atoms with Gasteiger partial charge >= 0.3 is 6.09 Å². The second kappa shape index (κ2) is 7.78. The maximum absolute atomic E-state index is 12.1. The number of nitrogens with one attached hydrogen (secondary N) is 1. The number of carbonyl (C=O) groups is 1. The van der Waals surface area contributed by atoms with Crippen LogP contribution in [0.3, 0.4) is 0 Å². The molecule has 1 atom stereocenters. The number of amides is 1. The highest BCUT2D eigenvalue weighted by Crippen LogP contribution is 2.26. The molecule has 1 N–H and O–H groups in total. The first-order valence-electron chi connectivity index (χ1n) is 9.57. The molecule has 144 valence electrons. The molecule has 2 aliphatic rings. The number of ether oxygens (including phenoxy) is 1. The Morgan fingerprint density at radius 2 is 2.12 bits per heavy atom. The van der Waals surface area contributed by atoms with Crippen molar-refractivity contribution < 1.29 is 9.53 Å². The molecule has 7 heteroatoms. The Labute approximate surface area is 156 Å². The molecule has 1 aromatic rings. The van der Waals surface area contributed by atoms with Crippen LogP contribution in [0, 0.1) is 0 Å². The SMILES string of the molecule is CN(c1cncc(CNC2CCN(C(=O)OC(C)(C)C)C2)n1)C1CCC1. The summed E-state index contributed by atoms with van der Waals surface area (Å²) in [5.41, 5.74) is 0.481. The lowest BCUT2D eigenvalue weighted by molar-refractivity contribution is 0.0291. The van der Waals surface area contributed by atoms with Crippen molar-refractivity contribution in [1.82, 2.24) is 20.2 Å². The van der Waals surface area contributed by atoms with Gasteiger partial charge in [-0.3, -0.25) is 4.98 Å². The van der Waals surface area contributed by atoms with Crippen LogP contribution in [-0.2, 0) is 11.3 Å². The Morgan fingerprint density at radius 1 is 1.35 bits per heavy atom. The molecule has 26 heavy (non-hydrogen) atoms. The highest BCUT2D eigenvalue weighted by atomic mass is 16.6. The minimum Gasteiger partial charge on any atom is -0.444 e. The molecular weight excluding hydrogens is 330 g/mol. The van der Waals surface area contributed by atoms with E-state index in [9.17, 15) is 4.79 Å². The molecule has 0 bridgehead atoms. The lowest BCUT2D eigenvalue weighted by atomic mass is 9.92. The molecule has 0 radical (unpaired) electrons. The van der Waals surface area contributed by atoms with Crippen LogP contribution in [0.25, 0.3) is 0 Å². The largest absolute Gasteiger partial charge is 0.444 e. The zero-order chi connectivity index (χ0) is 18.7. The van der Waals surface area contributed by atoms with E-state index in [2.05, 4.69) is 22.2 Å². The van der Waals surface area contributed by atoms with Gasteiger partial charge in [-0.2, -0.15) is 0 Å². The first kappa shape index (κ1) is 18.9. The van der Waals surface area contributed by atoms with Crippen LogP contribution in [0.15, 0.2) is 12.4 Å². The Bertz CT molecular complexity index is 627. The highest BCUT2D eigenvalue weighted by molar-refractivity contribution is 5.68. The van der Waals surface area contributed by atoms with Crippen molar-refractivity contribution in [1.29, 1.82) is 0 Å². The van der Waals surface area contributed by atoms with E-state index in [0.29, 0.717) is 19.1 Å². The zero-order valence-electron chi connectivity index (χ0n) is 16.4. The van der Waals surface area contributed by atoms with E-state index >= 15 is 0 Å². The number of hydrogen-bond donors (Lipinski definition) is 1. The topological polar surface area (TPSA) is 70.6 Å². The predicted molar refractivity (Wildman–Crippen MR) is 101 cm³/mol. The van der Waals surface area contributed by atoms with E-state index in [1.165, 1.54) is 19.3 Å². The molecule has 1 saturated heterocycles. The molecule has 2 heterocycles. The van der Waals surface area contributed by atoms with E-state index < -0.39 is 5.60 Å². The molecule has 3 rings (SSSR count). The van der Waals surface area contributed by atoms with Crippen molar-refractivity contribution in [2.24, 2.45) is 0 Å². The number of anilines is 1. The van der Waals surface area contributed by atoms with E-state index in [0.717, 1.165) is 24.5 Å². The Balaban J connectivity index is 1.48. The van der Waals surface area contributed by atoms with Crippen molar-refractivity contribution in [2.75, 3.05) is 25.0 Å². The molecule has 0 spiro atoms. The summed E-state index contributed by atoms with van der Waals surface area (Å²) in [4.78, 5) is 25.2. The summed E-state index contributed by atoms with van der Waals surface area (Å²) >= 11 is 0. The van der Waals surface area contributed by atoms with Gasteiger partial charge in [-0.15, -0.1) is 0 Å². The van der Waals surface area contributed by atoms with Gasteiger partial charge in [0.15, 0.2) is 0 Å². The fourth-order valence-electron chi connectivity index (χ4n) is 3.28. The molecule has 2 fully saturated rings. The van der Waals surface area contributed by atoms with Crippen LogP contribution in [0.1, 0.15) is 52.1 Å². The Morgan fingerprint density at radius 3 is 2.77 bits per heavy atom. The molecule has 1 aliphatic heterocycles. The van der Waals surface area contributed by atoms with E-state index in [1.807, 2.05) is 33.2 Å². The average Bonchev–Trinajstić information content (AvgIpc) is 2.99. The van der Waals surface area contributed by atoms with Crippen LogP contribution < -0.4 is 10.2 Å². The summed E-state index contributed by atoms with van der Waals surface area (Å²) in [6.45, 7) is 7.73. The van der Waals surface area contributed by atoms with Crippen molar-refractivity contribution in [3.8, 4) is 0 Å². The first-order valence-corrected chi connectivity index (χ1v) is 9.57. The zero-order valence-corrected chi connectivity index (χ0v) is 16.4. The second-order valence-corrected chi connectivity index (χ2v) is 8.36. The average molecular weight is 361 g/mol. The molecule has 0 aromatic carbocycles. The normalized spacial score (nSPS) is 20.8. The van der Waals surface area contributed by atoms with Gasteiger partial charge in [-0.05, 0) is 46.5 Å². The van der Waals surface area contributed by atoms with E-state index in [4.69, 9.17) is 9.72 Å². The number of nitrogens with zero attached hydrogens (tertiary/aromatic N) is 4. The maximum atomic E-state index is 12.1. The summed E-state index contributed by atoms with van der Waals surface area (Å²) in [7, 11) is 2.10. The molecular formula is C19H31N5O2. The maximum Gasteiger partial charge on any atom is 0.410 e. The van der Waals surface area contributed by atoms with Crippen LogP contribution in [0.2, 0.25) is 0 Å². The van der Waals surface area contributed by atoms with Crippen LogP contribution in [-0.4, -0.2) is 58.8 Å². The standard InChI is InChI=1S/C19H31N5O2/c1-19(2,3)26-18(25)24-9-8-14(13-24)21-11-15-10-20-12-17(22-15)23(4)16-6-5-7-16/h10,12,14,16,21H,5-9,11,13H2,1-4H3. The van der Waals surface area contributed by atoms with Crippen LogP contribution in [0.4, 0.5) is 10.6 Å². The summed E-state index contributed by atoms with van der Waals surface area (Å²) < 4.78 is 5.44. The van der Waals surface area contributed by atoms with Crippen LogP contribution >= 0.6 is 0 Å². The van der Waals surface area contributed by atoms with Gasteiger partial charge in [-0.1, -0.05) is 0 Å². The monoisotopic (exact) mass is 361 g/mol. The predicted octanol–water partition coefficient (Wildman–Crippen LogP) is 2.56. The first-order chi connectivity index (χ1) is 12.3. The van der Waals surface area contributed by atoms with Gasteiger partial charge in [-0.25, -0.2) is 9.78 Å². The molecule has 1 aliphatic carbocycles. The highest BCUT2D eigenvalue weighted by Gasteiger charge is 2.29. The smallest absolute Gasteiger partial charge is 0.410 e. The number of likely N-dealkylation sites (tertiary alicyclic amines) is 1. The van der Waals surface area contributed by atoms with Gasteiger partial charge in [0.1, 0.15) is 11.4 Å². The summed E-state index contributed by atoms with van der Waals surface area (Å²) in [5.74, 6) is 0.941. The third-order valence-corrected chi connectivity index (χ3v) is 5.07. The number of hydrogen-bond acceptors (Lipinski definition) is 6. The van der Waals surface area contributed by atoms with Gasteiger partial charge in [0.2, 0.25) is 0 Å². The van der Waals surface area contributed by atoms with E-state index in [-0.39, 0.29) is 12.1 Å². The summed E-state index contributed by atoms with van der Waals surface area (Å²) in [5, 5.41) is 3.50. The van der Waals surface area contributed by atoms with Crippen molar-refractivity contribution in [3.63, 3.8) is 0 Å². The summed E-state index contributed by atoms with van der Waals surface area (Å²) in [6.07, 6.45) is 8.12. The molecule has 1 unspecified atom stereocenters. The number of rotatable bonds is 5. The third kappa shape index (κ3) is 4.84. The van der Waals surface area contributed by atoms with Crippen LogP contribution in [0.5, 0.6) is 0 Å². The molecule has 1 amide bonds. The van der Waals surface area contributed by atoms with Gasteiger partial charge in [0.05, 0.1) is 11.9 Å². The lowest BCUT2D eigenvalue weighted by Crippen LogP contribution is -2.38. The Hall–Kier alpha value is -1.89. The number of carbonyl (C=O) groups excluding carboxylic acids is 1. The van der Waals surface area contributed by atoms with E-state index in [1.54, 1.807) is 4.90 Å². The minimum absolute atomic E-state index is 0.231. The third-order valence-electron chi connectivity index (χ3n) is 5.07. The minimum atomic E-state index is -0.453. The van der Waals surface area contributed by atoms with Gasteiger partial charge < -0.3 is 19.9 Å². The number of aromatic nitrogens is 2. The van der Waals surface area contributed by atoms with Crippen molar-refractivity contribution in [3.05, 3.63) is 18.1 Å². The second-order valence-electron chi connectivity index (χ2n) is 8.36.